The van der Waals surface area contributed by atoms with E-state index < -0.39 is 0 Å². The number of rotatable bonds is 4. The van der Waals surface area contributed by atoms with Crippen molar-refractivity contribution in [2.45, 2.75) is 27.3 Å². The number of fused-ring (bicyclic) bond motifs is 1. The number of thioether (sulfide) groups is 1. The summed E-state index contributed by atoms with van der Waals surface area (Å²) in [6.45, 7) is 6.85. The Morgan fingerprint density at radius 1 is 1.13 bits per heavy atom. The molecule has 0 saturated carbocycles. The van der Waals surface area contributed by atoms with E-state index in [2.05, 4.69) is 45.2 Å². The van der Waals surface area contributed by atoms with Crippen molar-refractivity contribution in [3.63, 3.8) is 0 Å². The van der Waals surface area contributed by atoms with Gasteiger partial charge in [-0.1, -0.05) is 23.0 Å². The highest BCUT2D eigenvalue weighted by molar-refractivity contribution is 8.14. The largest absolute Gasteiger partial charge is 0.454 e. The highest BCUT2D eigenvalue weighted by Gasteiger charge is 2.20. The molecule has 30 heavy (non-hydrogen) atoms. The zero-order chi connectivity index (χ0) is 20.7. The number of aromatic nitrogens is 2. The van der Waals surface area contributed by atoms with E-state index >= 15 is 0 Å². The molecule has 0 aliphatic carbocycles. The summed E-state index contributed by atoms with van der Waals surface area (Å²) in [7, 11) is 0. The molecule has 8 nitrogen and oxygen atoms in total. The lowest BCUT2D eigenvalue weighted by atomic mass is 10.1. The molecule has 0 atom stereocenters. The summed E-state index contributed by atoms with van der Waals surface area (Å²) >= 11 is 1.64. The minimum absolute atomic E-state index is 0.277. The van der Waals surface area contributed by atoms with Crippen LogP contribution in [0.5, 0.6) is 11.5 Å². The lowest BCUT2D eigenvalue weighted by Crippen LogP contribution is -2.25. The van der Waals surface area contributed by atoms with Crippen molar-refractivity contribution in [2.24, 2.45) is 10.1 Å². The number of aliphatic imine (C=N–C) groups is 1. The van der Waals surface area contributed by atoms with Gasteiger partial charge in [0.15, 0.2) is 22.5 Å². The molecular formula is C21H21N5O3S. The molecule has 0 spiro atoms. The molecule has 0 saturated heterocycles. The Hall–Kier alpha value is -3.20. The SMILES string of the molecule is Cc1cc(-n2c(C)cc(C3=NNC(=NCc4ccc5c(c4)OCO5)SC3)c2C)no1. The average molecular weight is 423 g/mol. The summed E-state index contributed by atoms with van der Waals surface area (Å²) in [5.74, 6) is 3.88. The Labute approximate surface area is 177 Å². The summed E-state index contributed by atoms with van der Waals surface area (Å²) in [6, 6.07) is 9.95. The molecular weight excluding hydrogens is 402 g/mol. The van der Waals surface area contributed by atoms with Gasteiger partial charge >= 0.3 is 0 Å². The number of hydrogen-bond acceptors (Lipinski definition) is 7. The lowest BCUT2D eigenvalue weighted by molar-refractivity contribution is 0.174. The maximum Gasteiger partial charge on any atom is 0.231 e. The first-order valence-electron chi connectivity index (χ1n) is 9.60. The number of benzene rings is 1. The zero-order valence-corrected chi connectivity index (χ0v) is 17.7. The second-order valence-corrected chi connectivity index (χ2v) is 8.15. The fourth-order valence-electron chi connectivity index (χ4n) is 3.60. The van der Waals surface area contributed by atoms with Crippen LogP contribution in [0.25, 0.3) is 5.82 Å². The van der Waals surface area contributed by atoms with Gasteiger partial charge in [-0.25, -0.2) is 0 Å². The van der Waals surface area contributed by atoms with Crippen LogP contribution in [0.4, 0.5) is 0 Å². The van der Waals surface area contributed by atoms with Gasteiger partial charge in [0.25, 0.3) is 0 Å². The van der Waals surface area contributed by atoms with Gasteiger partial charge in [0.1, 0.15) is 5.76 Å². The minimum Gasteiger partial charge on any atom is -0.454 e. The summed E-state index contributed by atoms with van der Waals surface area (Å²) in [6.07, 6.45) is 0. The average Bonchev–Trinajstić information content (AvgIpc) is 3.45. The Morgan fingerprint density at radius 2 is 2.00 bits per heavy atom. The molecule has 0 radical (unpaired) electrons. The van der Waals surface area contributed by atoms with Crippen LogP contribution in [0.15, 0.2) is 44.9 Å². The van der Waals surface area contributed by atoms with Crippen molar-refractivity contribution >= 4 is 22.6 Å². The molecule has 3 aromatic rings. The van der Waals surface area contributed by atoms with Crippen molar-refractivity contribution in [1.82, 2.24) is 15.1 Å². The predicted molar refractivity (Wildman–Crippen MR) is 116 cm³/mol. The van der Waals surface area contributed by atoms with Crippen LogP contribution in [0.1, 0.15) is 28.3 Å². The number of ether oxygens (including phenoxy) is 2. The number of nitrogens with zero attached hydrogens (tertiary/aromatic N) is 4. The number of amidine groups is 1. The highest BCUT2D eigenvalue weighted by atomic mass is 32.2. The van der Waals surface area contributed by atoms with Gasteiger partial charge in [0.2, 0.25) is 6.79 Å². The monoisotopic (exact) mass is 423 g/mol. The topological polar surface area (TPSA) is 86.2 Å². The van der Waals surface area contributed by atoms with Gasteiger partial charge < -0.3 is 14.0 Å². The predicted octanol–water partition coefficient (Wildman–Crippen LogP) is 3.72. The van der Waals surface area contributed by atoms with Crippen molar-refractivity contribution in [3.8, 4) is 17.3 Å². The number of hydrazone groups is 1. The van der Waals surface area contributed by atoms with Gasteiger partial charge in [-0.05, 0) is 44.5 Å². The molecule has 0 bridgehead atoms. The maximum atomic E-state index is 5.42. The van der Waals surface area contributed by atoms with E-state index in [1.54, 1.807) is 11.8 Å². The zero-order valence-electron chi connectivity index (χ0n) is 16.9. The molecule has 154 valence electrons. The van der Waals surface area contributed by atoms with E-state index in [1.165, 1.54) is 0 Å². The van der Waals surface area contributed by atoms with Crippen molar-refractivity contribution in [1.29, 1.82) is 0 Å². The Bertz CT molecular complexity index is 1180. The first kappa shape index (κ1) is 18.8. The van der Waals surface area contributed by atoms with E-state index in [0.29, 0.717) is 6.54 Å². The minimum atomic E-state index is 0.277. The molecule has 9 heteroatoms. The third kappa shape index (κ3) is 3.45. The van der Waals surface area contributed by atoms with E-state index in [-0.39, 0.29) is 6.79 Å². The third-order valence-corrected chi connectivity index (χ3v) is 5.97. The van der Waals surface area contributed by atoms with E-state index in [9.17, 15) is 0 Å². The van der Waals surface area contributed by atoms with Crippen molar-refractivity contribution < 1.29 is 14.0 Å². The molecule has 4 heterocycles. The smallest absolute Gasteiger partial charge is 0.231 e. The van der Waals surface area contributed by atoms with Crippen LogP contribution in [-0.4, -0.2) is 33.1 Å². The molecule has 0 fully saturated rings. The fraction of sp³-hybridized carbons (Fsp3) is 0.286. The fourth-order valence-corrected chi connectivity index (χ4v) is 4.36. The van der Waals surface area contributed by atoms with Crippen LogP contribution in [0, 0.1) is 20.8 Å². The van der Waals surface area contributed by atoms with E-state index in [4.69, 9.17) is 14.0 Å². The summed E-state index contributed by atoms with van der Waals surface area (Å²) in [5, 5.41) is 9.53. The van der Waals surface area contributed by atoms with Crippen molar-refractivity contribution in [2.75, 3.05) is 12.5 Å². The quantitative estimate of drug-likeness (QED) is 0.688. The molecule has 0 unspecified atom stereocenters. The van der Waals surface area contributed by atoms with Gasteiger partial charge in [-0.3, -0.25) is 15.0 Å². The molecule has 5 rings (SSSR count). The number of aryl methyl sites for hydroxylation is 2. The van der Waals surface area contributed by atoms with E-state index in [1.807, 2.05) is 31.2 Å². The van der Waals surface area contributed by atoms with Crippen LogP contribution in [-0.2, 0) is 6.54 Å². The molecule has 1 N–H and O–H groups in total. The highest BCUT2D eigenvalue weighted by Crippen LogP contribution is 2.32. The second-order valence-electron chi connectivity index (χ2n) is 7.18. The molecule has 1 aromatic carbocycles. The van der Waals surface area contributed by atoms with Crippen LogP contribution < -0.4 is 14.9 Å². The standard InChI is InChI=1S/C21H21N5O3S/c1-12-6-16(14(3)26(12)20-7-13(2)29-25-20)17-10-30-21(24-23-17)22-9-15-4-5-18-19(8-15)28-11-27-18/h4-8H,9-11H2,1-3H3,(H,22,24). The summed E-state index contributed by atoms with van der Waals surface area (Å²) < 4.78 is 18.1. The first-order chi connectivity index (χ1) is 14.6. The molecule has 0 amide bonds. The number of hydrogen-bond donors (Lipinski definition) is 1. The number of nitrogens with one attached hydrogen (secondary N) is 1. The van der Waals surface area contributed by atoms with Gasteiger partial charge in [0, 0.05) is 28.8 Å². The lowest BCUT2D eigenvalue weighted by Gasteiger charge is -2.15. The molecule has 2 aromatic heterocycles. The first-order valence-corrected chi connectivity index (χ1v) is 10.6. The van der Waals surface area contributed by atoms with E-state index in [0.717, 1.165) is 62.2 Å². The summed E-state index contributed by atoms with van der Waals surface area (Å²) in [5.41, 5.74) is 8.42. The van der Waals surface area contributed by atoms with Crippen LogP contribution in [0.3, 0.4) is 0 Å². The normalized spacial score (nSPS) is 16.6. The van der Waals surface area contributed by atoms with Crippen LogP contribution >= 0.6 is 11.8 Å². The maximum absolute atomic E-state index is 5.42. The second kappa shape index (κ2) is 7.56. The van der Waals surface area contributed by atoms with Crippen LogP contribution in [0.2, 0.25) is 0 Å². The van der Waals surface area contributed by atoms with Gasteiger partial charge in [-0.15, -0.1) is 0 Å². The van der Waals surface area contributed by atoms with Gasteiger partial charge in [-0.2, -0.15) is 5.10 Å². The molecule has 2 aliphatic rings. The van der Waals surface area contributed by atoms with Gasteiger partial charge in [0.05, 0.1) is 12.3 Å². The Morgan fingerprint density at radius 3 is 2.77 bits per heavy atom. The summed E-state index contributed by atoms with van der Waals surface area (Å²) in [4.78, 5) is 4.64. The van der Waals surface area contributed by atoms with Crippen molar-refractivity contribution in [3.05, 3.63) is 58.6 Å². The Kier molecular flexibility index (Phi) is 4.74. The third-order valence-electron chi connectivity index (χ3n) is 5.06. The molecule has 2 aliphatic heterocycles. The Balaban J connectivity index is 1.31.